The van der Waals surface area contributed by atoms with Crippen molar-refractivity contribution in [1.82, 2.24) is 14.2 Å². The van der Waals surface area contributed by atoms with Crippen molar-refractivity contribution in [3.8, 4) is 0 Å². The van der Waals surface area contributed by atoms with Crippen LogP contribution in [0, 0.1) is 0 Å². The first kappa shape index (κ1) is 14.7. The molecule has 1 aromatic heterocycles. The van der Waals surface area contributed by atoms with Crippen molar-refractivity contribution in [2.75, 3.05) is 26.2 Å². The van der Waals surface area contributed by atoms with Crippen LogP contribution in [-0.2, 0) is 10.0 Å². The highest BCUT2D eigenvalue weighted by atomic mass is 32.2. The Morgan fingerprint density at radius 1 is 1.10 bits per heavy atom. The van der Waals surface area contributed by atoms with Gasteiger partial charge in [0.25, 0.3) is 0 Å². The largest absolute Gasteiger partial charge is 0.328 e. The summed E-state index contributed by atoms with van der Waals surface area (Å²) >= 11 is 0. The van der Waals surface area contributed by atoms with E-state index in [1.54, 1.807) is 4.31 Å². The SMILES string of the molecule is O=c1ccc(S(=O)(=O)N2CCC(N3CCCCC3)C2)c[nH]1. The Bertz CT molecular complexity index is 629. The summed E-state index contributed by atoms with van der Waals surface area (Å²) in [6.07, 6.45) is 5.88. The molecule has 0 aromatic carbocycles. The summed E-state index contributed by atoms with van der Waals surface area (Å²) in [6, 6.07) is 2.97. The molecule has 0 aliphatic carbocycles. The van der Waals surface area contributed by atoms with Crippen LogP contribution in [0.3, 0.4) is 0 Å². The number of hydrogen-bond acceptors (Lipinski definition) is 4. The summed E-state index contributed by atoms with van der Waals surface area (Å²) in [5.41, 5.74) is -0.290. The number of pyridine rings is 1. The minimum atomic E-state index is -3.49. The number of likely N-dealkylation sites (tertiary alicyclic amines) is 1. The lowest BCUT2D eigenvalue weighted by Crippen LogP contribution is -2.41. The number of rotatable bonds is 3. The summed E-state index contributed by atoms with van der Waals surface area (Å²) in [5, 5.41) is 0. The molecule has 3 heterocycles. The van der Waals surface area contributed by atoms with Gasteiger partial charge in [-0.1, -0.05) is 6.42 Å². The second-order valence-corrected chi connectivity index (χ2v) is 7.73. The molecule has 0 amide bonds. The Morgan fingerprint density at radius 3 is 2.52 bits per heavy atom. The summed E-state index contributed by atoms with van der Waals surface area (Å²) < 4.78 is 26.7. The molecule has 116 valence electrons. The fourth-order valence-electron chi connectivity index (χ4n) is 3.22. The Morgan fingerprint density at radius 2 is 1.86 bits per heavy atom. The molecule has 3 rings (SSSR count). The molecule has 0 saturated carbocycles. The van der Waals surface area contributed by atoms with Crippen LogP contribution in [0.2, 0.25) is 0 Å². The maximum absolute atomic E-state index is 12.6. The Hall–Kier alpha value is -1.18. The Kier molecular flexibility index (Phi) is 4.14. The van der Waals surface area contributed by atoms with Crippen molar-refractivity contribution in [3.05, 3.63) is 28.7 Å². The lowest BCUT2D eigenvalue weighted by Gasteiger charge is -2.32. The van der Waals surface area contributed by atoms with Gasteiger partial charge in [0.05, 0.1) is 4.90 Å². The van der Waals surface area contributed by atoms with E-state index >= 15 is 0 Å². The number of aromatic nitrogens is 1. The third kappa shape index (κ3) is 3.04. The van der Waals surface area contributed by atoms with Crippen LogP contribution in [0.4, 0.5) is 0 Å². The molecular formula is C14H21N3O3S. The average Bonchev–Trinajstić information content (AvgIpc) is 2.99. The second kappa shape index (κ2) is 5.90. The lowest BCUT2D eigenvalue weighted by molar-refractivity contribution is 0.169. The highest BCUT2D eigenvalue weighted by Crippen LogP contribution is 2.24. The zero-order chi connectivity index (χ0) is 14.9. The van der Waals surface area contributed by atoms with Gasteiger partial charge in [-0.25, -0.2) is 8.42 Å². The molecule has 2 aliphatic rings. The van der Waals surface area contributed by atoms with Gasteiger partial charge in [0.15, 0.2) is 0 Å². The van der Waals surface area contributed by atoms with E-state index in [0.29, 0.717) is 19.1 Å². The van der Waals surface area contributed by atoms with Crippen molar-refractivity contribution < 1.29 is 8.42 Å². The molecule has 2 aliphatic heterocycles. The van der Waals surface area contributed by atoms with Crippen LogP contribution >= 0.6 is 0 Å². The third-order valence-corrected chi connectivity index (χ3v) is 6.29. The number of sulfonamides is 1. The van der Waals surface area contributed by atoms with Crippen molar-refractivity contribution in [1.29, 1.82) is 0 Å². The van der Waals surface area contributed by atoms with E-state index < -0.39 is 10.0 Å². The maximum Gasteiger partial charge on any atom is 0.247 e. The number of piperidine rings is 1. The molecule has 0 bridgehead atoms. The average molecular weight is 311 g/mol. The van der Waals surface area contributed by atoms with Crippen LogP contribution in [0.25, 0.3) is 0 Å². The van der Waals surface area contributed by atoms with Crippen LogP contribution in [0.15, 0.2) is 28.0 Å². The zero-order valence-corrected chi connectivity index (χ0v) is 12.8. The van der Waals surface area contributed by atoms with E-state index in [1.807, 2.05) is 0 Å². The van der Waals surface area contributed by atoms with Gasteiger partial charge in [-0.3, -0.25) is 9.69 Å². The topological polar surface area (TPSA) is 73.5 Å². The maximum atomic E-state index is 12.6. The quantitative estimate of drug-likeness (QED) is 0.888. The van der Waals surface area contributed by atoms with Crippen molar-refractivity contribution >= 4 is 10.0 Å². The van der Waals surface area contributed by atoms with Crippen molar-refractivity contribution in [2.45, 2.75) is 36.6 Å². The van der Waals surface area contributed by atoms with E-state index in [4.69, 9.17) is 0 Å². The van der Waals surface area contributed by atoms with Crippen LogP contribution in [-0.4, -0.2) is 54.8 Å². The molecule has 0 radical (unpaired) electrons. The summed E-state index contributed by atoms with van der Waals surface area (Å²) in [5.74, 6) is 0. The molecule has 2 fully saturated rings. The fourth-order valence-corrected chi connectivity index (χ4v) is 4.68. The first-order chi connectivity index (χ1) is 10.1. The monoisotopic (exact) mass is 311 g/mol. The molecular weight excluding hydrogens is 290 g/mol. The van der Waals surface area contributed by atoms with Gasteiger partial charge in [0.2, 0.25) is 15.6 Å². The summed E-state index contributed by atoms with van der Waals surface area (Å²) in [7, 11) is -3.49. The summed E-state index contributed by atoms with van der Waals surface area (Å²) in [6.45, 7) is 3.28. The molecule has 1 N–H and O–H groups in total. The molecule has 7 heteroatoms. The number of nitrogens with zero attached hydrogens (tertiary/aromatic N) is 2. The Balaban J connectivity index is 1.72. The smallest absolute Gasteiger partial charge is 0.247 e. The molecule has 2 saturated heterocycles. The van der Waals surface area contributed by atoms with Crippen molar-refractivity contribution in [2.24, 2.45) is 0 Å². The highest BCUT2D eigenvalue weighted by molar-refractivity contribution is 7.89. The first-order valence-electron chi connectivity index (χ1n) is 7.50. The van der Waals surface area contributed by atoms with Gasteiger partial charge in [-0.15, -0.1) is 0 Å². The third-order valence-electron chi connectivity index (χ3n) is 4.43. The normalized spacial score (nSPS) is 25.2. The van der Waals surface area contributed by atoms with Crippen LogP contribution in [0.1, 0.15) is 25.7 Å². The van der Waals surface area contributed by atoms with Gasteiger partial charge in [-0.2, -0.15) is 4.31 Å². The minimum Gasteiger partial charge on any atom is -0.328 e. The summed E-state index contributed by atoms with van der Waals surface area (Å²) in [4.78, 5) is 16.1. The Labute approximate surface area is 124 Å². The molecule has 1 atom stereocenters. The molecule has 21 heavy (non-hydrogen) atoms. The van der Waals surface area contributed by atoms with E-state index in [-0.39, 0.29) is 10.5 Å². The van der Waals surface area contributed by atoms with E-state index in [1.165, 1.54) is 37.6 Å². The van der Waals surface area contributed by atoms with E-state index in [2.05, 4.69) is 9.88 Å². The standard InChI is InChI=1S/C14H21N3O3S/c18-14-5-4-13(10-15-14)21(19,20)17-9-6-12(11-17)16-7-2-1-3-8-16/h4-5,10,12H,1-3,6-9,11H2,(H,15,18). The molecule has 0 spiro atoms. The van der Waals surface area contributed by atoms with Crippen LogP contribution in [0.5, 0.6) is 0 Å². The van der Waals surface area contributed by atoms with E-state index in [9.17, 15) is 13.2 Å². The molecule has 1 aromatic rings. The fraction of sp³-hybridized carbons (Fsp3) is 0.643. The highest BCUT2D eigenvalue weighted by Gasteiger charge is 2.35. The second-order valence-electron chi connectivity index (χ2n) is 5.79. The minimum absolute atomic E-state index is 0.168. The predicted molar refractivity (Wildman–Crippen MR) is 79.7 cm³/mol. The van der Waals surface area contributed by atoms with Crippen LogP contribution < -0.4 is 5.56 Å². The van der Waals surface area contributed by atoms with E-state index in [0.717, 1.165) is 19.5 Å². The number of H-pyrrole nitrogens is 1. The van der Waals surface area contributed by atoms with Gasteiger partial charge < -0.3 is 4.98 Å². The van der Waals surface area contributed by atoms with Crippen molar-refractivity contribution in [3.63, 3.8) is 0 Å². The number of nitrogens with one attached hydrogen (secondary N) is 1. The molecule has 1 unspecified atom stereocenters. The lowest BCUT2D eigenvalue weighted by atomic mass is 10.1. The molecule has 6 nitrogen and oxygen atoms in total. The van der Waals surface area contributed by atoms with Gasteiger partial charge in [0.1, 0.15) is 0 Å². The number of aromatic amines is 1. The number of hydrogen-bond donors (Lipinski definition) is 1. The zero-order valence-electron chi connectivity index (χ0n) is 12.0. The van der Waals surface area contributed by atoms with Gasteiger partial charge in [-0.05, 0) is 38.4 Å². The van der Waals surface area contributed by atoms with Gasteiger partial charge >= 0.3 is 0 Å². The van der Waals surface area contributed by atoms with Gasteiger partial charge in [0, 0.05) is 31.4 Å². The first-order valence-corrected chi connectivity index (χ1v) is 8.94. The predicted octanol–water partition coefficient (Wildman–Crippen LogP) is 0.624.